The van der Waals surface area contributed by atoms with E-state index in [1.54, 1.807) is 0 Å². The number of carbonyl (C=O) groups is 2. The van der Waals surface area contributed by atoms with Gasteiger partial charge >= 0.3 is 19.8 Å². The topological polar surface area (TPSA) is 112 Å². The number of hydrogen-bond acceptors (Lipinski definition) is 8. The van der Waals surface area contributed by atoms with Gasteiger partial charge in [0.2, 0.25) is 0 Å². The molecule has 0 aliphatic rings. The number of rotatable bonds is 37. The van der Waals surface area contributed by atoms with Gasteiger partial charge in [0.15, 0.2) is 6.10 Å². The molecule has 9 nitrogen and oxygen atoms in total. The van der Waals surface area contributed by atoms with Gasteiger partial charge in [-0.15, -0.1) is 0 Å². The van der Waals surface area contributed by atoms with Crippen LogP contribution in [-0.2, 0) is 32.7 Å². The molecule has 0 bridgehead atoms. The molecule has 0 saturated heterocycles. The number of likely N-dealkylation sites (N-methyl/N-ethyl adjacent to an activating group) is 1. The summed E-state index contributed by atoms with van der Waals surface area (Å²) in [6.45, 7) is 4.24. The maximum absolute atomic E-state index is 12.6. The summed E-state index contributed by atoms with van der Waals surface area (Å²) in [5.74, 6) is -0.864. The van der Waals surface area contributed by atoms with Crippen LogP contribution in [0.25, 0.3) is 0 Å². The van der Waals surface area contributed by atoms with Gasteiger partial charge in [-0.05, 0) is 59.0 Å². The van der Waals surface area contributed by atoms with E-state index in [9.17, 15) is 19.0 Å². The molecule has 0 rings (SSSR count). The van der Waals surface area contributed by atoms with E-state index in [2.05, 4.69) is 50.3 Å². The molecule has 0 saturated carbocycles. The van der Waals surface area contributed by atoms with Crippen LogP contribution in [0.4, 0.5) is 0 Å². The van der Waals surface area contributed by atoms with Gasteiger partial charge in [-0.1, -0.05) is 147 Å². The van der Waals surface area contributed by atoms with Gasteiger partial charge in [0.05, 0.1) is 13.2 Å². The average Bonchev–Trinajstić information content (AvgIpc) is 3.09. The van der Waals surface area contributed by atoms with Crippen molar-refractivity contribution in [2.24, 2.45) is 0 Å². The Labute approximate surface area is 312 Å². The highest BCUT2D eigenvalue weighted by atomic mass is 31.2. The third-order valence-electron chi connectivity index (χ3n) is 8.45. The molecule has 0 spiro atoms. The molecule has 51 heavy (non-hydrogen) atoms. The molecule has 298 valence electrons. The number of phosphoric acid groups is 1. The molecule has 0 aromatic rings. The van der Waals surface area contributed by atoms with Gasteiger partial charge in [0.25, 0.3) is 0 Å². The predicted molar refractivity (Wildman–Crippen MR) is 211 cm³/mol. The van der Waals surface area contributed by atoms with Crippen LogP contribution in [0, 0.1) is 0 Å². The number of allylic oxidation sites excluding steroid dienone is 6. The molecule has 0 fully saturated rings. The Bertz CT molecular complexity index is 952. The zero-order valence-corrected chi connectivity index (χ0v) is 33.9. The minimum absolute atomic E-state index is 0.000506. The van der Waals surface area contributed by atoms with Crippen molar-refractivity contribution >= 4 is 19.8 Å². The molecule has 2 atom stereocenters. The summed E-state index contributed by atoms with van der Waals surface area (Å²) in [5, 5.41) is 0. The average molecular weight is 742 g/mol. The molecule has 0 aromatic carbocycles. The third kappa shape index (κ3) is 37.8. The standard InChI is InChI=1S/C41H76NO8P/c1-5-7-9-11-13-15-17-18-19-20-21-22-24-25-27-29-31-33-40(43)47-37-39(38-49-51(45,46)48-36-35-42(3)4)50-41(44)34-32-30-28-26-23-16-14-12-10-8-6-2/h18-19,21-22,25,27,39H,5-17,20,23-24,26,28-38H2,1-4H3,(H,45,46)/b19-18-,22-21-,27-25-. The Balaban J connectivity index is 4.40. The van der Waals surface area contributed by atoms with Crippen molar-refractivity contribution in [2.45, 2.75) is 174 Å². The summed E-state index contributed by atoms with van der Waals surface area (Å²) in [7, 11) is -0.729. The number of esters is 2. The molecule has 10 heteroatoms. The summed E-state index contributed by atoms with van der Waals surface area (Å²) >= 11 is 0. The van der Waals surface area contributed by atoms with Crippen LogP contribution < -0.4 is 0 Å². The zero-order chi connectivity index (χ0) is 37.7. The largest absolute Gasteiger partial charge is 0.472 e. The molecule has 0 aromatic heterocycles. The highest BCUT2D eigenvalue weighted by molar-refractivity contribution is 7.47. The second-order valence-electron chi connectivity index (χ2n) is 13.8. The van der Waals surface area contributed by atoms with E-state index < -0.39 is 32.5 Å². The van der Waals surface area contributed by atoms with Gasteiger partial charge in [0.1, 0.15) is 6.61 Å². The van der Waals surface area contributed by atoms with E-state index in [4.69, 9.17) is 18.5 Å². The Kier molecular flexibility index (Phi) is 35.3. The van der Waals surface area contributed by atoms with Crippen LogP contribution in [0.15, 0.2) is 36.5 Å². The highest BCUT2D eigenvalue weighted by Crippen LogP contribution is 2.43. The van der Waals surface area contributed by atoms with Crippen LogP contribution in [0.2, 0.25) is 0 Å². The number of phosphoric ester groups is 1. The molecular formula is C41H76NO8P. The van der Waals surface area contributed by atoms with Crippen molar-refractivity contribution in [3.8, 4) is 0 Å². The van der Waals surface area contributed by atoms with E-state index in [1.807, 2.05) is 19.0 Å². The Morgan fingerprint density at radius 3 is 1.63 bits per heavy atom. The lowest BCUT2D eigenvalue weighted by molar-refractivity contribution is -0.161. The minimum atomic E-state index is -4.36. The number of nitrogens with zero attached hydrogens (tertiary/aromatic N) is 1. The van der Waals surface area contributed by atoms with Gasteiger partial charge in [-0.2, -0.15) is 0 Å². The smallest absolute Gasteiger partial charge is 0.462 e. The molecule has 0 aliphatic carbocycles. The van der Waals surface area contributed by atoms with Crippen molar-refractivity contribution in [3.05, 3.63) is 36.5 Å². The van der Waals surface area contributed by atoms with E-state index >= 15 is 0 Å². The lowest BCUT2D eigenvalue weighted by Gasteiger charge is -2.20. The SMILES string of the molecule is CCCCCCCC/C=C\C/C=C\C/C=C\CCCC(=O)OCC(COP(=O)(O)OCCN(C)C)OC(=O)CCCCCCCCCCCCC. The fourth-order valence-electron chi connectivity index (χ4n) is 5.29. The van der Waals surface area contributed by atoms with Gasteiger partial charge < -0.3 is 19.3 Å². The lowest BCUT2D eigenvalue weighted by Crippen LogP contribution is -2.29. The van der Waals surface area contributed by atoms with Crippen LogP contribution in [0.5, 0.6) is 0 Å². The normalized spacial score (nSPS) is 13.8. The first-order valence-electron chi connectivity index (χ1n) is 20.3. The summed E-state index contributed by atoms with van der Waals surface area (Å²) in [4.78, 5) is 36.8. The Hall–Kier alpha value is -1.77. The fraction of sp³-hybridized carbons (Fsp3) is 0.805. The Morgan fingerprint density at radius 2 is 1.08 bits per heavy atom. The van der Waals surface area contributed by atoms with Crippen LogP contribution in [0.1, 0.15) is 168 Å². The second kappa shape index (κ2) is 36.6. The molecule has 0 amide bonds. The number of carbonyl (C=O) groups excluding carboxylic acids is 2. The second-order valence-corrected chi connectivity index (χ2v) is 15.3. The molecule has 2 unspecified atom stereocenters. The first-order valence-corrected chi connectivity index (χ1v) is 21.8. The van der Waals surface area contributed by atoms with Gasteiger partial charge in [-0.25, -0.2) is 4.57 Å². The van der Waals surface area contributed by atoms with Crippen LogP contribution in [0.3, 0.4) is 0 Å². The fourth-order valence-corrected chi connectivity index (χ4v) is 6.03. The van der Waals surface area contributed by atoms with Crippen molar-refractivity contribution in [2.75, 3.05) is 40.5 Å². The van der Waals surface area contributed by atoms with E-state index in [0.717, 1.165) is 32.1 Å². The number of unbranched alkanes of at least 4 members (excludes halogenated alkanes) is 17. The highest BCUT2D eigenvalue weighted by Gasteiger charge is 2.26. The Morgan fingerprint density at radius 1 is 0.608 bits per heavy atom. The van der Waals surface area contributed by atoms with E-state index in [-0.39, 0.29) is 26.1 Å². The maximum Gasteiger partial charge on any atom is 0.472 e. The molecule has 1 N–H and O–H groups in total. The first kappa shape index (κ1) is 49.2. The van der Waals surface area contributed by atoms with Crippen molar-refractivity contribution in [3.63, 3.8) is 0 Å². The number of hydrogen-bond donors (Lipinski definition) is 1. The summed E-state index contributed by atoms with van der Waals surface area (Å²) in [6.07, 6.45) is 37.7. The summed E-state index contributed by atoms with van der Waals surface area (Å²) < 4.78 is 33.3. The molecule has 0 aliphatic heterocycles. The quantitative estimate of drug-likeness (QED) is 0.0288. The van der Waals surface area contributed by atoms with Crippen LogP contribution in [-0.4, -0.2) is 68.3 Å². The van der Waals surface area contributed by atoms with E-state index in [1.165, 1.54) is 96.3 Å². The lowest BCUT2D eigenvalue weighted by atomic mass is 10.1. The van der Waals surface area contributed by atoms with Crippen molar-refractivity contribution in [1.82, 2.24) is 4.90 Å². The third-order valence-corrected chi connectivity index (χ3v) is 9.43. The molecular weight excluding hydrogens is 665 g/mol. The predicted octanol–water partition coefficient (Wildman–Crippen LogP) is 11.2. The number of ether oxygens (including phenoxy) is 2. The first-order chi connectivity index (χ1) is 24.7. The summed E-state index contributed by atoms with van der Waals surface area (Å²) in [5.41, 5.74) is 0. The zero-order valence-electron chi connectivity index (χ0n) is 33.0. The summed E-state index contributed by atoms with van der Waals surface area (Å²) in [6, 6.07) is 0. The van der Waals surface area contributed by atoms with Gasteiger partial charge in [-0.3, -0.25) is 18.6 Å². The maximum atomic E-state index is 12.6. The van der Waals surface area contributed by atoms with Crippen molar-refractivity contribution in [1.29, 1.82) is 0 Å². The van der Waals surface area contributed by atoms with E-state index in [0.29, 0.717) is 19.4 Å². The monoisotopic (exact) mass is 742 g/mol. The molecule has 0 radical (unpaired) electrons. The molecule has 0 heterocycles. The van der Waals surface area contributed by atoms with Crippen molar-refractivity contribution < 1.29 is 37.6 Å². The van der Waals surface area contributed by atoms with Crippen LogP contribution >= 0.6 is 7.82 Å². The van der Waals surface area contributed by atoms with Gasteiger partial charge in [0, 0.05) is 19.4 Å². The minimum Gasteiger partial charge on any atom is -0.462 e.